The lowest BCUT2D eigenvalue weighted by molar-refractivity contribution is -0.151. The molecule has 0 saturated carbocycles. The quantitative estimate of drug-likeness (QED) is 0.283. The molecule has 2 heterocycles. The molecule has 0 radical (unpaired) electrons. The molecule has 0 aromatic heterocycles. The Balaban J connectivity index is 1.24. The Hall–Kier alpha value is -3.48. The molecule has 2 fully saturated rings. The minimum atomic E-state index is -3.61. The zero-order chi connectivity index (χ0) is 27.3. The fourth-order valence-electron chi connectivity index (χ4n) is 4.49. The van der Waals surface area contributed by atoms with Gasteiger partial charge < -0.3 is 15.2 Å². The van der Waals surface area contributed by atoms with Crippen molar-refractivity contribution in [1.82, 2.24) is 9.80 Å². The average molecular weight is 544 g/mol. The van der Waals surface area contributed by atoms with Crippen molar-refractivity contribution in [3.63, 3.8) is 0 Å². The molecule has 1 amide bonds. The van der Waals surface area contributed by atoms with E-state index in [9.17, 15) is 18.0 Å². The van der Waals surface area contributed by atoms with Gasteiger partial charge in [-0.2, -0.15) is 0 Å². The smallest absolute Gasteiger partial charge is 0.414 e. The van der Waals surface area contributed by atoms with Gasteiger partial charge in [0.15, 0.2) is 0 Å². The first-order valence-corrected chi connectivity index (χ1v) is 14.2. The molecule has 2 aromatic rings. The van der Waals surface area contributed by atoms with Crippen LogP contribution in [0.4, 0.5) is 10.5 Å². The van der Waals surface area contributed by atoms with Crippen molar-refractivity contribution in [1.29, 1.82) is 0 Å². The van der Waals surface area contributed by atoms with E-state index in [1.165, 1.54) is 0 Å². The largest absolute Gasteiger partial charge is 0.460 e. The van der Waals surface area contributed by atoms with Crippen molar-refractivity contribution < 1.29 is 27.5 Å². The van der Waals surface area contributed by atoms with Gasteiger partial charge in [-0.3, -0.25) is 19.5 Å². The molecule has 11 nitrogen and oxygen atoms in total. The van der Waals surface area contributed by atoms with Crippen LogP contribution in [-0.4, -0.2) is 93.8 Å². The first-order valence-electron chi connectivity index (χ1n) is 12.4. The van der Waals surface area contributed by atoms with Gasteiger partial charge in [0, 0.05) is 44.0 Å². The first-order chi connectivity index (χ1) is 18.1. The zero-order valence-corrected chi connectivity index (χ0v) is 22.3. The standard InChI is InChI=1S/C26H33N5O6S/c1-19(25(32)36-18-20-6-4-3-5-7-20)30-14-12-29(13-15-30)16-23-17-31(26(33)37-23)22-10-8-21(9-11-22)24(27)28-38(2,34)35/h3-11,19,23H,12-18H2,1-2H3,(H2,27,28). The molecule has 0 spiro atoms. The minimum absolute atomic E-state index is 0.112. The van der Waals surface area contributed by atoms with Crippen LogP contribution in [0.25, 0.3) is 0 Å². The molecule has 4 rings (SSSR count). The fourth-order valence-corrected chi connectivity index (χ4v) is 4.95. The van der Waals surface area contributed by atoms with Gasteiger partial charge in [0.2, 0.25) is 0 Å². The molecule has 0 bridgehead atoms. The van der Waals surface area contributed by atoms with Crippen LogP contribution in [-0.2, 0) is 30.9 Å². The average Bonchev–Trinajstić information content (AvgIpc) is 3.26. The summed E-state index contributed by atoms with van der Waals surface area (Å²) in [5.41, 5.74) is 7.78. The van der Waals surface area contributed by atoms with E-state index < -0.39 is 16.1 Å². The molecule has 2 saturated heterocycles. The second kappa shape index (κ2) is 11.9. The number of esters is 1. The summed E-state index contributed by atoms with van der Waals surface area (Å²) in [6, 6.07) is 15.9. The maximum atomic E-state index is 12.5. The minimum Gasteiger partial charge on any atom is -0.460 e. The molecule has 12 heteroatoms. The number of hydrogen-bond donors (Lipinski definition) is 1. The van der Waals surface area contributed by atoms with Gasteiger partial charge in [-0.15, -0.1) is 4.40 Å². The number of hydrogen-bond acceptors (Lipinski definition) is 8. The van der Waals surface area contributed by atoms with E-state index >= 15 is 0 Å². The summed E-state index contributed by atoms with van der Waals surface area (Å²) in [5, 5.41) is 0. The van der Waals surface area contributed by atoms with Crippen LogP contribution in [0.3, 0.4) is 0 Å². The molecule has 2 atom stereocenters. The van der Waals surface area contributed by atoms with Crippen LogP contribution in [0.15, 0.2) is 59.0 Å². The van der Waals surface area contributed by atoms with Crippen LogP contribution in [0.5, 0.6) is 0 Å². The van der Waals surface area contributed by atoms with Crippen molar-refractivity contribution in [3.8, 4) is 0 Å². The van der Waals surface area contributed by atoms with Crippen LogP contribution in [0.2, 0.25) is 0 Å². The Morgan fingerprint density at radius 1 is 1.11 bits per heavy atom. The number of amidine groups is 1. The van der Waals surface area contributed by atoms with Crippen molar-refractivity contribution in [2.45, 2.75) is 25.7 Å². The van der Waals surface area contributed by atoms with E-state index in [2.05, 4.69) is 14.2 Å². The molecule has 0 aliphatic carbocycles. The Labute approximate surface area is 222 Å². The topological polar surface area (TPSA) is 135 Å². The third kappa shape index (κ3) is 7.30. The summed E-state index contributed by atoms with van der Waals surface area (Å²) in [5.74, 6) is -0.350. The van der Waals surface area contributed by atoms with Gasteiger partial charge in [0.1, 0.15) is 24.6 Å². The van der Waals surface area contributed by atoms with Gasteiger partial charge in [0.25, 0.3) is 10.0 Å². The summed E-state index contributed by atoms with van der Waals surface area (Å²) in [6.45, 7) is 6.04. The third-order valence-electron chi connectivity index (χ3n) is 6.59. The molecule has 2 aromatic carbocycles. The van der Waals surface area contributed by atoms with Crippen molar-refractivity contribution >= 4 is 33.6 Å². The molecule has 204 valence electrons. The molecule has 2 N–H and O–H groups in total. The lowest BCUT2D eigenvalue weighted by atomic mass is 10.1. The number of amides is 1. The van der Waals surface area contributed by atoms with Crippen molar-refractivity contribution in [2.75, 3.05) is 50.4 Å². The molecule has 2 aliphatic rings. The van der Waals surface area contributed by atoms with Gasteiger partial charge in [-0.05, 0) is 36.8 Å². The van der Waals surface area contributed by atoms with E-state index in [1.54, 1.807) is 29.2 Å². The van der Waals surface area contributed by atoms with E-state index in [0.717, 1.165) is 24.9 Å². The highest BCUT2D eigenvalue weighted by Gasteiger charge is 2.35. The summed E-state index contributed by atoms with van der Waals surface area (Å²) in [6.07, 6.45) is 0.240. The number of sulfonamides is 1. The lowest BCUT2D eigenvalue weighted by Crippen LogP contribution is -2.53. The molecule has 38 heavy (non-hydrogen) atoms. The predicted octanol–water partition coefficient (Wildman–Crippen LogP) is 1.43. The lowest BCUT2D eigenvalue weighted by Gasteiger charge is -2.37. The zero-order valence-electron chi connectivity index (χ0n) is 21.5. The van der Waals surface area contributed by atoms with Gasteiger partial charge in [-0.1, -0.05) is 30.3 Å². The Kier molecular flexibility index (Phi) is 8.65. The number of ether oxygens (including phenoxy) is 2. The van der Waals surface area contributed by atoms with E-state index in [4.69, 9.17) is 15.2 Å². The van der Waals surface area contributed by atoms with E-state index in [0.29, 0.717) is 37.4 Å². The molecular weight excluding hydrogens is 510 g/mol. The van der Waals surface area contributed by atoms with Crippen LogP contribution in [0.1, 0.15) is 18.1 Å². The summed E-state index contributed by atoms with van der Waals surface area (Å²) in [4.78, 5) is 30.9. The number of nitrogens with two attached hydrogens (primary N) is 1. The number of piperazine rings is 1. The molecular formula is C26H33N5O6S. The first kappa shape index (κ1) is 27.6. The summed E-state index contributed by atoms with van der Waals surface area (Å²) >= 11 is 0. The maximum Gasteiger partial charge on any atom is 0.414 e. The predicted molar refractivity (Wildman–Crippen MR) is 143 cm³/mol. The second-order valence-electron chi connectivity index (χ2n) is 9.48. The van der Waals surface area contributed by atoms with E-state index in [1.807, 2.05) is 37.3 Å². The number of carbonyl (C=O) groups excluding carboxylic acids is 2. The Bertz CT molecular complexity index is 1260. The number of cyclic esters (lactones) is 1. The second-order valence-corrected chi connectivity index (χ2v) is 11.1. The van der Waals surface area contributed by atoms with E-state index in [-0.39, 0.29) is 30.6 Å². The highest BCUT2D eigenvalue weighted by Crippen LogP contribution is 2.23. The highest BCUT2D eigenvalue weighted by atomic mass is 32.2. The number of anilines is 1. The van der Waals surface area contributed by atoms with Crippen LogP contribution in [0, 0.1) is 0 Å². The highest BCUT2D eigenvalue weighted by molar-refractivity contribution is 7.89. The van der Waals surface area contributed by atoms with Crippen molar-refractivity contribution in [2.24, 2.45) is 10.1 Å². The van der Waals surface area contributed by atoms with Crippen molar-refractivity contribution in [3.05, 3.63) is 65.7 Å². The summed E-state index contributed by atoms with van der Waals surface area (Å²) in [7, 11) is -3.61. The number of carbonyl (C=O) groups is 2. The fraction of sp³-hybridized carbons (Fsp3) is 0.423. The molecule has 2 aliphatic heterocycles. The normalized spacial score (nSPS) is 20.3. The van der Waals surface area contributed by atoms with Crippen LogP contribution < -0.4 is 10.6 Å². The maximum absolute atomic E-state index is 12.5. The summed E-state index contributed by atoms with van der Waals surface area (Å²) < 4.78 is 37.2. The SMILES string of the molecule is CC(C(=O)OCc1ccccc1)N1CCN(CC2CN(c3ccc(C(N)=NS(C)(=O)=O)cc3)C(=O)O2)CC1. The number of benzene rings is 2. The molecule has 2 unspecified atom stereocenters. The van der Waals surface area contributed by atoms with Gasteiger partial charge in [0.05, 0.1) is 12.8 Å². The Morgan fingerprint density at radius 2 is 1.76 bits per heavy atom. The number of rotatable bonds is 9. The van der Waals surface area contributed by atoms with Gasteiger partial charge in [-0.25, -0.2) is 13.2 Å². The third-order valence-corrected chi connectivity index (χ3v) is 7.12. The monoisotopic (exact) mass is 543 g/mol. The Morgan fingerprint density at radius 3 is 2.39 bits per heavy atom. The van der Waals surface area contributed by atoms with Crippen LogP contribution >= 0.6 is 0 Å². The van der Waals surface area contributed by atoms with Gasteiger partial charge >= 0.3 is 12.1 Å². The number of nitrogens with zero attached hydrogens (tertiary/aromatic N) is 4.